The minimum atomic E-state index is -1.97. The molecule has 144 valence electrons. The molecule has 0 aromatic heterocycles. The van der Waals surface area contributed by atoms with Crippen molar-refractivity contribution in [3.05, 3.63) is 70.8 Å². The van der Waals surface area contributed by atoms with Gasteiger partial charge in [-0.05, 0) is 40.5 Å². The highest BCUT2D eigenvalue weighted by Crippen LogP contribution is 2.63. The summed E-state index contributed by atoms with van der Waals surface area (Å²) in [5.41, 5.74) is 5.48. The van der Waals surface area contributed by atoms with Crippen molar-refractivity contribution in [2.45, 2.75) is 38.8 Å². The van der Waals surface area contributed by atoms with Crippen LogP contribution in [0.3, 0.4) is 0 Å². The van der Waals surface area contributed by atoms with E-state index in [1.54, 1.807) is 0 Å². The first-order chi connectivity index (χ1) is 13.0. The number of nitrogens with one attached hydrogen (secondary N) is 1. The Hall–Kier alpha value is -1.53. The van der Waals surface area contributed by atoms with Crippen LogP contribution >= 0.6 is 0 Å². The quantitative estimate of drug-likeness (QED) is 0.719. The van der Waals surface area contributed by atoms with Crippen molar-refractivity contribution in [2.75, 3.05) is 13.1 Å². The van der Waals surface area contributed by atoms with Crippen molar-refractivity contribution in [1.82, 2.24) is 9.62 Å². The number of aryl methyl sites for hydroxylation is 1. The average Bonchev–Trinajstić information content (AvgIpc) is 3.03. The molecule has 1 aliphatic heterocycles. The lowest BCUT2D eigenvalue weighted by atomic mass is 9.91. The van der Waals surface area contributed by atoms with Gasteiger partial charge in [0.25, 0.3) is 0 Å². The number of hydrogen-bond acceptors (Lipinski definition) is 2. The van der Waals surface area contributed by atoms with Gasteiger partial charge in [-0.25, -0.2) is 8.93 Å². The van der Waals surface area contributed by atoms with Crippen molar-refractivity contribution in [2.24, 2.45) is 11.8 Å². The second kappa shape index (κ2) is 7.47. The van der Waals surface area contributed by atoms with Gasteiger partial charge in [-0.1, -0.05) is 62.4 Å². The summed E-state index contributed by atoms with van der Waals surface area (Å²) in [6.07, 6.45) is 1.09. The molecule has 4 nitrogen and oxygen atoms in total. The third-order valence-electron chi connectivity index (χ3n) is 6.61. The van der Waals surface area contributed by atoms with E-state index in [1.165, 1.54) is 16.7 Å². The summed E-state index contributed by atoms with van der Waals surface area (Å²) < 4.78 is 22.3. The van der Waals surface area contributed by atoms with Gasteiger partial charge < -0.3 is 0 Å². The molecular formula is C22H28N2O2S. The standard InChI is InChI=1S/C22H28N2O2S/c1-3-16-7-9-17(10-8-16)13-24-14-20-21(15-24)22(20,2)19-6-4-5-18(11-19)12-23-27(25)26/h4-11,20-21,23H,3,12-15H2,1-2H3,(H,25,26). The Bertz CT molecular complexity index is 824. The van der Waals surface area contributed by atoms with Gasteiger partial charge in [0.1, 0.15) is 0 Å². The Labute approximate surface area is 164 Å². The molecule has 0 spiro atoms. The zero-order chi connectivity index (χ0) is 19.0. The van der Waals surface area contributed by atoms with Gasteiger partial charge in [0.15, 0.2) is 0 Å². The number of fused-ring (bicyclic) bond motifs is 1. The van der Waals surface area contributed by atoms with Crippen molar-refractivity contribution in [1.29, 1.82) is 0 Å². The summed E-state index contributed by atoms with van der Waals surface area (Å²) in [5.74, 6) is 1.42. The number of likely N-dealkylation sites (tertiary alicyclic amines) is 1. The van der Waals surface area contributed by atoms with E-state index < -0.39 is 11.3 Å². The fourth-order valence-electron chi connectivity index (χ4n) is 4.82. The lowest BCUT2D eigenvalue weighted by Gasteiger charge is -2.25. The van der Waals surface area contributed by atoms with Crippen LogP contribution in [0.2, 0.25) is 0 Å². The molecule has 1 saturated heterocycles. The van der Waals surface area contributed by atoms with Crippen LogP contribution in [0.1, 0.15) is 36.1 Å². The first kappa shape index (κ1) is 18.8. The van der Waals surface area contributed by atoms with E-state index in [1.807, 2.05) is 6.07 Å². The molecule has 3 atom stereocenters. The summed E-state index contributed by atoms with van der Waals surface area (Å²) in [6.45, 7) is 8.34. The molecule has 0 amide bonds. The fourth-order valence-corrected chi connectivity index (χ4v) is 5.11. The molecule has 0 radical (unpaired) electrons. The van der Waals surface area contributed by atoms with E-state index >= 15 is 0 Å². The largest absolute Gasteiger partial charge is 0.298 e. The van der Waals surface area contributed by atoms with E-state index in [0.29, 0.717) is 18.4 Å². The molecule has 1 saturated carbocycles. The summed E-state index contributed by atoms with van der Waals surface area (Å²) in [6, 6.07) is 17.5. The van der Waals surface area contributed by atoms with Gasteiger partial charge in [-0.3, -0.25) is 9.45 Å². The van der Waals surface area contributed by atoms with E-state index in [4.69, 9.17) is 4.55 Å². The van der Waals surface area contributed by atoms with Gasteiger partial charge in [0, 0.05) is 31.6 Å². The molecule has 3 unspecified atom stereocenters. The number of nitrogens with zero attached hydrogens (tertiary/aromatic N) is 1. The van der Waals surface area contributed by atoms with Crippen LogP contribution in [0.4, 0.5) is 0 Å². The predicted molar refractivity (Wildman–Crippen MR) is 109 cm³/mol. The van der Waals surface area contributed by atoms with Crippen LogP contribution in [0.15, 0.2) is 48.5 Å². The molecule has 4 rings (SSSR count). The topological polar surface area (TPSA) is 52.6 Å². The van der Waals surface area contributed by atoms with Gasteiger partial charge in [0.2, 0.25) is 11.3 Å². The molecule has 1 heterocycles. The third kappa shape index (κ3) is 3.74. The zero-order valence-electron chi connectivity index (χ0n) is 16.0. The summed E-state index contributed by atoms with van der Waals surface area (Å²) in [7, 11) is 0. The number of hydrogen-bond donors (Lipinski definition) is 2. The minimum absolute atomic E-state index is 0.247. The predicted octanol–water partition coefficient (Wildman–Crippen LogP) is 3.49. The van der Waals surface area contributed by atoms with Crippen molar-refractivity contribution < 1.29 is 8.76 Å². The SMILES string of the molecule is CCc1ccc(CN2CC3C(C2)C3(C)c2cccc(CNS(=O)O)c2)cc1. The molecule has 2 aliphatic rings. The minimum Gasteiger partial charge on any atom is -0.298 e. The van der Waals surface area contributed by atoms with Gasteiger partial charge >= 0.3 is 0 Å². The molecule has 2 aromatic carbocycles. The van der Waals surface area contributed by atoms with Crippen LogP contribution in [-0.4, -0.2) is 26.8 Å². The monoisotopic (exact) mass is 384 g/mol. The Morgan fingerprint density at radius 2 is 1.78 bits per heavy atom. The molecule has 27 heavy (non-hydrogen) atoms. The lowest BCUT2D eigenvalue weighted by molar-refractivity contribution is 0.270. The molecular weight excluding hydrogens is 356 g/mol. The molecule has 2 N–H and O–H groups in total. The van der Waals surface area contributed by atoms with Crippen molar-refractivity contribution in [3.8, 4) is 0 Å². The van der Waals surface area contributed by atoms with Gasteiger partial charge in [-0.15, -0.1) is 0 Å². The smallest absolute Gasteiger partial charge is 0.232 e. The summed E-state index contributed by atoms with van der Waals surface area (Å²) in [4.78, 5) is 2.58. The Morgan fingerprint density at radius 1 is 1.11 bits per heavy atom. The maximum atomic E-state index is 10.8. The van der Waals surface area contributed by atoms with Crippen molar-refractivity contribution in [3.63, 3.8) is 0 Å². The molecule has 2 fully saturated rings. The van der Waals surface area contributed by atoms with Gasteiger partial charge in [0.05, 0.1) is 0 Å². The highest BCUT2D eigenvalue weighted by molar-refractivity contribution is 7.77. The fraction of sp³-hybridized carbons (Fsp3) is 0.455. The first-order valence-electron chi connectivity index (χ1n) is 9.74. The Balaban J connectivity index is 1.38. The molecule has 2 aromatic rings. The Kier molecular flexibility index (Phi) is 5.21. The van der Waals surface area contributed by atoms with E-state index in [9.17, 15) is 4.21 Å². The van der Waals surface area contributed by atoms with Crippen LogP contribution in [0, 0.1) is 11.8 Å². The van der Waals surface area contributed by atoms with Crippen LogP contribution in [-0.2, 0) is 36.2 Å². The first-order valence-corrected chi connectivity index (χ1v) is 10.9. The molecule has 5 heteroatoms. The average molecular weight is 385 g/mol. The zero-order valence-corrected chi connectivity index (χ0v) is 16.8. The Morgan fingerprint density at radius 3 is 2.41 bits per heavy atom. The summed E-state index contributed by atoms with van der Waals surface area (Å²) >= 11 is -1.97. The van der Waals surface area contributed by atoms with Crippen LogP contribution < -0.4 is 4.72 Å². The maximum absolute atomic E-state index is 10.8. The van der Waals surface area contributed by atoms with Crippen LogP contribution in [0.25, 0.3) is 0 Å². The maximum Gasteiger partial charge on any atom is 0.232 e. The normalized spacial score (nSPS) is 28.1. The van der Waals surface area contributed by atoms with E-state index in [0.717, 1.165) is 31.6 Å². The highest BCUT2D eigenvalue weighted by atomic mass is 32.2. The van der Waals surface area contributed by atoms with E-state index in [-0.39, 0.29) is 5.41 Å². The number of piperidine rings is 1. The van der Waals surface area contributed by atoms with Gasteiger partial charge in [-0.2, -0.15) is 0 Å². The number of rotatable bonds is 7. The second-order valence-electron chi connectivity index (χ2n) is 8.13. The summed E-state index contributed by atoms with van der Waals surface area (Å²) in [5, 5.41) is 0. The third-order valence-corrected chi connectivity index (χ3v) is 7.00. The van der Waals surface area contributed by atoms with Crippen LogP contribution in [0.5, 0.6) is 0 Å². The number of benzene rings is 2. The highest BCUT2D eigenvalue weighted by Gasteiger charge is 2.65. The second-order valence-corrected chi connectivity index (χ2v) is 8.92. The van der Waals surface area contributed by atoms with E-state index in [2.05, 4.69) is 65.9 Å². The molecule has 0 bridgehead atoms. The van der Waals surface area contributed by atoms with Crippen molar-refractivity contribution >= 4 is 11.3 Å². The molecule has 1 aliphatic carbocycles. The lowest BCUT2D eigenvalue weighted by Crippen LogP contribution is -2.28.